The van der Waals surface area contributed by atoms with E-state index >= 15 is 0 Å². The molecule has 0 aliphatic carbocycles. The maximum absolute atomic E-state index is 9.62. The van der Waals surface area contributed by atoms with Crippen molar-refractivity contribution in [1.82, 2.24) is 0 Å². The molecule has 136 valence electrons. The van der Waals surface area contributed by atoms with Gasteiger partial charge in [0.15, 0.2) is 0 Å². The van der Waals surface area contributed by atoms with Gasteiger partial charge in [-0.2, -0.15) is 0 Å². The molecular formula is C22H30O2S. The van der Waals surface area contributed by atoms with E-state index in [2.05, 4.69) is 65.8 Å². The monoisotopic (exact) mass is 358 g/mol. The quantitative estimate of drug-likeness (QED) is 0.767. The smallest absolute Gasteiger partial charge is 0.0684 e. The SMILES string of the molecule is CC(C)(C)c1cc(Sc2ccc(CO)c(C(C)(C)C)c2)ccc1CO. The highest BCUT2D eigenvalue weighted by molar-refractivity contribution is 7.99. The van der Waals surface area contributed by atoms with Crippen molar-refractivity contribution in [2.45, 2.75) is 75.4 Å². The average Bonchev–Trinajstić information content (AvgIpc) is 2.53. The minimum absolute atomic E-state index is 0.00799. The van der Waals surface area contributed by atoms with Gasteiger partial charge in [-0.1, -0.05) is 65.4 Å². The Balaban J connectivity index is 2.40. The van der Waals surface area contributed by atoms with Crippen molar-refractivity contribution < 1.29 is 10.2 Å². The van der Waals surface area contributed by atoms with Gasteiger partial charge in [0.2, 0.25) is 0 Å². The van der Waals surface area contributed by atoms with Gasteiger partial charge < -0.3 is 10.2 Å². The minimum Gasteiger partial charge on any atom is -0.392 e. The zero-order chi connectivity index (χ0) is 18.8. The van der Waals surface area contributed by atoms with Crippen LogP contribution >= 0.6 is 11.8 Å². The Morgan fingerprint density at radius 2 is 1.04 bits per heavy atom. The van der Waals surface area contributed by atoms with Crippen LogP contribution in [-0.2, 0) is 24.0 Å². The molecule has 0 unspecified atom stereocenters. The van der Waals surface area contributed by atoms with Crippen molar-refractivity contribution in [3.8, 4) is 0 Å². The van der Waals surface area contributed by atoms with Crippen LogP contribution < -0.4 is 0 Å². The molecule has 0 heterocycles. The van der Waals surface area contributed by atoms with E-state index in [-0.39, 0.29) is 24.0 Å². The highest BCUT2D eigenvalue weighted by Gasteiger charge is 2.20. The molecule has 0 radical (unpaired) electrons. The van der Waals surface area contributed by atoms with E-state index in [4.69, 9.17) is 0 Å². The van der Waals surface area contributed by atoms with Crippen LogP contribution in [0.3, 0.4) is 0 Å². The van der Waals surface area contributed by atoms with E-state index in [1.165, 1.54) is 20.9 Å². The van der Waals surface area contributed by atoms with E-state index in [0.29, 0.717) is 0 Å². The molecule has 25 heavy (non-hydrogen) atoms. The fraction of sp³-hybridized carbons (Fsp3) is 0.455. The van der Waals surface area contributed by atoms with Crippen molar-refractivity contribution in [1.29, 1.82) is 0 Å². The van der Waals surface area contributed by atoms with Gasteiger partial charge in [-0.3, -0.25) is 0 Å². The second kappa shape index (κ2) is 7.53. The lowest BCUT2D eigenvalue weighted by Gasteiger charge is -2.24. The molecule has 2 rings (SSSR count). The van der Waals surface area contributed by atoms with Crippen LogP contribution in [0.4, 0.5) is 0 Å². The van der Waals surface area contributed by atoms with Crippen LogP contribution in [0.25, 0.3) is 0 Å². The molecule has 0 bridgehead atoms. The third-order valence-electron chi connectivity index (χ3n) is 4.36. The Kier molecular flexibility index (Phi) is 6.03. The molecule has 0 saturated carbocycles. The second-order valence-electron chi connectivity index (χ2n) is 8.56. The molecule has 0 aromatic heterocycles. The Morgan fingerprint density at radius 3 is 1.32 bits per heavy atom. The minimum atomic E-state index is -0.00799. The molecule has 0 amide bonds. The molecule has 2 aromatic carbocycles. The third-order valence-corrected chi connectivity index (χ3v) is 5.33. The highest BCUT2D eigenvalue weighted by atomic mass is 32.2. The number of hydrogen-bond acceptors (Lipinski definition) is 3. The van der Waals surface area contributed by atoms with Crippen LogP contribution in [0.15, 0.2) is 46.2 Å². The van der Waals surface area contributed by atoms with Gasteiger partial charge in [0.25, 0.3) is 0 Å². The van der Waals surface area contributed by atoms with Gasteiger partial charge >= 0.3 is 0 Å². The topological polar surface area (TPSA) is 40.5 Å². The third kappa shape index (κ3) is 4.87. The Morgan fingerprint density at radius 1 is 0.680 bits per heavy atom. The molecule has 2 nitrogen and oxygen atoms in total. The first-order valence-corrected chi connectivity index (χ1v) is 9.54. The van der Waals surface area contributed by atoms with Gasteiger partial charge in [-0.05, 0) is 57.3 Å². The van der Waals surface area contributed by atoms with Crippen molar-refractivity contribution in [2.24, 2.45) is 0 Å². The molecule has 0 fully saturated rings. The molecule has 0 saturated heterocycles. The zero-order valence-corrected chi connectivity index (χ0v) is 17.0. The van der Waals surface area contributed by atoms with E-state index in [9.17, 15) is 10.2 Å². The lowest BCUT2D eigenvalue weighted by atomic mass is 9.84. The van der Waals surface area contributed by atoms with E-state index in [1.807, 2.05) is 12.1 Å². The fourth-order valence-electron chi connectivity index (χ4n) is 3.05. The fourth-order valence-corrected chi connectivity index (χ4v) is 3.94. The second-order valence-corrected chi connectivity index (χ2v) is 9.70. The first kappa shape index (κ1) is 20.0. The summed E-state index contributed by atoms with van der Waals surface area (Å²) in [6.07, 6.45) is 0. The largest absolute Gasteiger partial charge is 0.392 e. The first-order chi connectivity index (χ1) is 11.6. The van der Waals surface area contributed by atoms with Gasteiger partial charge in [0.05, 0.1) is 13.2 Å². The molecule has 0 spiro atoms. The van der Waals surface area contributed by atoms with Crippen LogP contribution in [0.2, 0.25) is 0 Å². The normalized spacial score (nSPS) is 12.5. The zero-order valence-electron chi connectivity index (χ0n) is 16.2. The van der Waals surface area contributed by atoms with Crippen LogP contribution in [0, 0.1) is 0 Å². The van der Waals surface area contributed by atoms with E-state index < -0.39 is 0 Å². The number of benzene rings is 2. The Hall–Kier alpha value is -1.29. The Bertz CT molecular complexity index is 673. The summed E-state index contributed by atoms with van der Waals surface area (Å²) < 4.78 is 0. The lowest BCUT2D eigenvalue weighted by molar-refractivity contribution is 0.278. The van der Waals surface area contributed by atoms with E-state index in [0.717, 1.165) is 11.1 Å². The van der Waals surface area contributed by atoms with Crippen LogP contribution in [0.1, 0.15) is 63.8 Å². The summed E-state index contributed by atoms with van der Waals surface area (Å²) in [6.45, 7) is 13.2. The predicted octanol–water partition coefficient (Wildman–Crippen LogP) is 5.42. The predicted molar refractivity (Wildman–Crippen MR) is 106 cm³/mol. The molecule has 0 aliphatic rings. The van der Waals surface area contributed by atoms with E-state index in [1.54, 1.807) is 11.8 Å². The number of hydrogen-bond donors (Lipinski definition) is 2. The van der Waals surface area contributed by atoms with Crippen molar-refractivity contribution >= 4 is 11.8 Å². The standard InChI is InChI=1S/C22H30O2S/c1-21(2,3)19-11-17(9-7-15(19)13-23)25-18-10-8-16(14-24)20(12-18)22(4,5)6/h7-12,23-24H,13-14H2,1-6H3. The molecule has 0 aliphatic heterocycles. The molecular weight excluding hydrogens is 328 g/mol. The number of rotatable bonds is 4. The summed E-state index contributed by atoms with van der Waals surface area (Å²) in [6, 6.07) is 12.6. The molecule has 2 aromatic rings. The summed E-state index contributed by atoms with van der Waals surface area (Å²) in [5.41, 5.74) is 4.33. The Labute approximate surface area is 156 Å². The summed E-state index contributed by atoms with van der Waals surface area (Å²) >= 11 is 1.72. The number of aliphatic hydroxyl groups is 2. The highest BCUT2D eigenvalue weighted by Crippen LogP contribution is 2.36. The van der Waals surface area contributed by atoms with Gasteiger partial charge in [-0.15, -0.1) is 0 Å². The summed E-state index contributed by atoms with van der Waals surface area (Å²) in [4.78, 5) is 2.33. The van der Waals surface area contributed by atoms with Gasteiger partial charge in [0, 0.05) is 9.79 Å². The molecule has 0 atom stereocenters. The lowest BCUT2D eigenvalue weighted by Crippen LogP contribution is -2.14. The van der Waals surface area contributed by atoms with Crippen molar-refractivity contribution in [2.75, 3.05) is 0 Å². The van der Waals surface area contributed by atoms with Crippen LogP contribution in [0.5, 0.6) is 0 Å². The van der Waals surface area contributed by atoms with Gasteiger partial charge in [0.1, 0.15) is 0 Å². The summed E-state index contributed by atoms with van der Waals surface area (Å²) in [7, 11) is 0. The average molecular weight is 359 g/mol. The molecule has 3 heteroatoms. The van der Waals surface area contributed by atoms with Crippen molar-refractivity contribution in [3.63, 3.8) is 0 Å². The molecule has 2 N–H and O–H groups in total. The number of aliphatic hydroxyl groups excluding tert-OH is 2. The van der Waals surface area contributed by atoms with Gasteiger partial charge in [-0.25, -0.2) is 0 Å². The summed E-state index contributed by atoms with van der Waals surface area (Å²) in [5.74, 6) is 0. The van der Waals surface area contributed by atoms with Crippen LogP contribution in [-0.4, -0.2) is 10.2 Å². The maximum Gasteiger partial charge on any atom is 0.0684 e. The van der Waals surface area contributed by atoms with Crippen molar-refractivity contribution in [3.05, 3.63) is 58.7 Å². The first-order valence-electron chi connectivity index (χ1n) is 8.72. The summed E-state index contributed by atoms with van der Waals surface area (Å²) in [5, 5.41) is 19.2. The maximum atomic E-state index is 9.62.